The van der Waals surface area contributed by atoms with Crippen molar-refractivity contribution in [2.45, 2.75) is 31.9 Å². The summed E-state index contributed by atoms with van der Waals surface area (Å²) >= 11 is 5.88. The molecule has 25 heavy (non-hydrogen) atoms. The molecule has 0 aromatic heterocycles. The second-order valence-corrected chi connectivity index (χ2v) is 6.93. The maximum absolute atomic E-state index is 13.2. The molecule has 6 heteroatoms. The van der Waals surface area contributed by atoms with Crippen LogP contribution in [0.25, 0.3) is 0 Å². The number of carbonyl (C=O) groups excluding carboxylic acids is 2. The SMILES string of the molecule is CC(C)(Oc1ccc(Cl)cc1)C(=O)N1c2ccccc2CC1C(N)=O. The number of anilines is 1. The lowest BCUT2D eigenvalue weighted by atomic mass is 10.1. The summed E-state index contributed by atoms with van der Waals surface area (Å²) < 4.78 is 5.87. The van der Waals surface area contributed by atoms with Crippen LogP contribution in [0.2, 0.25) is 5.02 Å². The summed E-state index contributed by atoms with van der Waals surface area (Å²) in [5.74, 6) is -0.339. The average Bonchev–Trinajstić information content (AvgIpc) is 2.95. The third-order valence-electron chi connectivity index (χ3n) is 4.22. The van der Waals surface area contributed by atoms with Crippen LogP contribution in [0.1, 0.15) is 19.4 Å². The molecule has 0 spiro atoms. The first kappa shape index (κ1) is 17.3. The first-order valence-electron chi connectivity index (χ1n) is 7.95. The lowest BCUT2D eigenvalue weighted by molar-refractivity contribution is -0.133. The van der Waals surface area contributed by atoms with Crippen LogP contribution >= 0.6 is 11.6 Å². The van der Waals surface area contributed by atoms with Crippen LogP contribution < -0.4 is 15.4 Å². The molecule has 0 fully saturated rings. The number of primary amides is 1. The van der Waals surface area contributed by atoms with E-state index in [0.717, 1.165) is 5.56 Å². The summed E-state index contributed by atoms with van der Waals surface area (Å²) in [5.41, 5.74) is 5.96. The minimum atomic E-state index is -1.18. The Kier molecular flexibility index (Phi) is 4.43. The van der Waals surface area contributed by atoms with Crippen LogP contribution in [0.3, 0.4) is 0 Å². The van der Waals surface area contributed by atoms with E-state index in [1.807, 2.05) is 24.3 Å². The summed E-state index contributed by atoms with van der Waals surface area (Å²) in [6.45, 7) is 3.34. The number of halogens is 1. The van der Waals surface area contributed by atoms with Gasteiger partial charge in [0.25, 0.3) is 5.91 Å². The monoisotopic (exact) mass is 358 g/mol. The maximum Gasteiger partial charge on any atom is 0.271 e. The van der Waals surface area contributed by atoms with Crippen LogP contribution in [0.15, 0.2) is 48.5 Å². The van der Waals surface area contributed by atoms with Gasteiger partial charge in [0.1, 0.15) is 11.8 Å². The van der Waals surface area contributed by atoms with Crippen molar-refractivity contribution in [2.24, 2.45) is 5.73 Å². The van der Waals surface area contributed by atoms with Gasteiger partial charge >= 0.3 is 0 Å². The molecular formula is C19H19ClN2O3. The Morgan fingerprint density at radius 3 is 2.44 bits per heavy atom. The van der Waals surface area contributed by atoms with Crippen molar-refractivity contribution in [3.63, 3.8) is 0 Å². The molecule has 0 radical (unpaired) electrons. The van der Waals surface area contributed by atoms with Crippen molar-refractivity contribution in [3.8, 4) is 5.75 Å². The van der Waals surface area contributed by atoms with Gasteiger partial charge in [-0.05, 0) is 49.7 Å². The molecule has 2 amide bonds. The van der Waals surface area contributed by atoms with Crippen molar-refractivity contribution < 1.29 is 14.3 Å². The Morgan fingerprint density at radius 1 is 1.16 bits per heavy atom. The van der Waals surface area contributed by atoms with E-state index in [0.29, 0.717) is 22.9 Å². The molecule has 3 rings (SSSR count). The second kappa shape index (κ2) is 6.41. The van der Waals surface area contributed by atoms with Gasteiger partial charge in [0.05, 0.1) is 0 Å². The van der Waals surface area contributed by atoms with Gasteiger partial charge in [-0.1, -0.05) is 29.8 Å². The fourth-order valence-corrected chi connectivity index (χ4v) is 3.12. The van der Waals surface area contributed by atoms with Gasteiger partial charge in [-0.25, -0.2) is 0 Å². The summed E-state index contributed by atoms with van der Waals surface area (Å²) in [5, 5.41) is 0.582. The first-order chi connectivity index (χ1) is 11.8. The number of nitrogens with two attached hydrogens (primary N) is 1. The van der Waals surface area contributed by atoms with Crippen molar-refractivity contribution in [1.82, 2.24) is 0 Å². The highest BCUT2D eigenvalue weighted by molar-refractivity contribution is 6.30. The van der Waals surface area contributed by atoms with E-state index in [-0.39, 0.29) is 5.91 Å². The van der Waals surface area contributed by atoms with E-state index >= 15 is 0 Å². The lowest BCUT2D eigenvalue weighted by Crippen LogP contribution is -2.55. The van der Waals surface area contributed by atoms with E-state index in [9.17, 15) is 9.59 Å². The Hall–Kier alpha value is -2.53. The van der Waals surface area contributed by atoms with Gasteiger partial charge in [0, 0.05) is 17.1 Å². The first-order valence-corrected chi connectivity index (χ1v) is 8.33. The normalized spacial score (nSPS) is 16.4. The number of hydrogen-bond acceptors (Lipinski definition) is 3. The van der Waals surface area contributed by atoms with E-state index in [1.54, 1.807) is 38.1 Å². The number of carbonyl (C=O) groups is 2. The quantitative estimate of drug-likeness (QED) is 0.913. The summed E-state index contributed by atoms with van der Waals surface area (Å²) in [6, 6.07) is 13.5. The topological polar surface area (TPSA) is 72.6 Å². The minimum Gasteiger partial charge on any atom is -0.478 e. The minimum absolute atomic E-state index is 0.323. The third kappa shape index (κ3) is 3.33. The molecule has 2 aromatic rings. The number of hydrogen-bond donors (Lipinski definition) is 1. The zero-order valence-corrected chi connectivity index (χ0v) is 14.8. The molecule has 1 aliphatic heterocycles. The molecule has 0 aliphatic carbocycles. The largest absolute Gasteiger partial charge is 0.478 e. The van der Waals surface area contributed by atoms with Crippen molar-refractivity contribution in [3.05, 3.63) is 59.1 Å². The lowest BCUT2D eigenvalue weighted by Gasteiger charge is -2.32. The summed E-state index contributed by atoms with van der Waals surface area (Å²) in [6.07, 6.45) is 0.411. The molecule has 1 heterocycles. The van der Waals surface area contributed by atoms with E-state index in [2.05, 4.69) is 0 Å². The van der Waals surface area contributed by atoms with E-state index in [4.69, 9.17) is 22.1 Å². The Balaban J connectivity index is 1.91. The summed E-state index contributed by atoms with van der Waals surface area (Å²) in [4.78, 5) is 26.5. The Bertz CT molecular complexity index is 818. The van der Waals surface area contributed by atoms with E-state index in [1.165, 1.54) is 4.90 Å². The van der Waals surface area contributed by atoms with Gasteiger partial charge in [-0.15, -0.1) is 0 Å². The average molecular weight is 359 g/mol. The molecule has 0 saturated heterocycles. The number of benzene rings is 2. The van der Waals surface area contributed by atoms with Gasteiger partial charge in [0.15, 0.2) is 5.60 Å². The molecule has 0 bridgehead atoms. The number of nitrogens with zero attached hydrogens (tertiary/aromatic N) is 1. The Labute approximate surface area is 151 Å². The van der Waals surface area contributed by atoms with Gasteiger partial charge in [0.2, 0.25) is 5.91 Å². The molecule has 1 atom stereocenters. The van der Waals surface area contributed by atoms with Crippen LogP contribution in [0.5, 0.6) is 5.75 Å². The zero-order chi connectivity index (χ0) is 18.2. The van der Waals surface area contributed by atoms with Crippen LogP contribution in [-0.4, -0.2) is 23.5 Å². The third-order valence-corrected chi connectivity index (χ3v) is 4.48. The standard InChI is InChI=1S/C19H19ClN2O3/c1-19(2,25-14-9-7-13(20)8-10-14)18(24)22-15-6-4-3-5-12(15)11-16(22)17(21)23/h3-10,16H,11H2,1-2H3,(H2,21,23). The summed E-state index contributed by atoms with van der Waals surface area (Å²) in [7, 11) is 0. The highest BCUT2D eigenvalue weighted by Crippen LogP contribution is 2.34. The molecule has 2 aromatic carbocycles. The molecule has 1 unspecified atom stereocenters. The molecule has 130 valence electrons. The van der Waals surface area contributed by atoms with Gasteiger partial charge < -0.3 is 10.5 Å². The smallest absolute Gasteiger partial charge is 0.271 e. The van der Waals surface area contributed by atoms with Crippen LogP contribution in [-0.2, 0) is 16.0 Å². The fourth-order valence-electron chi connectivity index (χ4n) is 3.00. The van der Waals surface area contributed by atoms with Gasteiger partial charge in [-0.3, -0.25) is 14.5 Å². The predicted octanol–water partition coefficient (Wildman–Crippen LogP) is 2.94. The maximum atomic E-state index is 13.2. The van der Waals surface area contributed by atoms with Crippen molar-refractivity contribution in [1.29, 1.82) is 0 Å². The predicted molar refractivity (Wildman–Crippen MR) is 96.8 cm³/mol. The Morgan fingerprint density at radius 2 is 1.80 bits per heavy atom. The van der Waals surface area contributed by atoms with Crippen LogP contribution in [0, 0.1) is 0 Å². The number of rotatable bonds is 4. The molecule has 1 aliphatic rings. The number of fused-ring (bicyclic) bond motifs is 1. The van der Waals surface area contributed by atoms with Crippen molar-refractivity contribution in [2.75, 3.05) is 4.90 Å². The number of ether oxygens (including phenoxy) is 1. The van der Waals surface area contributed by atoms with Crippen molar-refractivity contribution >= 4 is 29.1 Å². The molecule has 5 nitrogen and oxygen atoms in total. The number of para-hydroxylation sites is 1. The van der Waals surface area contributed by atoms with Gasteiger partial charge in [-0.2, -0.15) is 0 Å². The molecular weight excluding hydrogens is 340 g/mol. The zero-order valence-electron chi connectivity index (χ0n) is 14.0. The molecule has 2 N–H and O–H groups in total. The highest BCUT2D eigenvalue weighted by atomic mass is 35.5. The molecule has 0 saturated carbocycles. The fraction of sp³-hybridized carbons (Fsp3) is 0.263. The van der Waals surface area contributed by atoms with Crippen LogP contribution in [0.4, 0.5) is 5.69 Å². The highest BCUT2D eigenvalue weighted by Gasteiger charge is 2.44. The van der Waals surface area contributed by atoms with E-state index < -0.39 is 17.6 Å². The number of amides is 2. The second-order valence-electron chi connectivity index (χ2n) is 6.49.